The highest BCUT2D eigenvalue weighted by Crippen LogP contribution is 2.52. The summed E-state index contributed by atoms with van der Waals surface area (Å²) in [6, 6.07) is 15.9. The Balaban J connectivity index is 1.20. The van der Waals surface area contributed by atoms with Crippen LogP contribution in [0.5, 0.6) is 0 Å². The maximum Gasteiger partial charge on any atom is 0.231 e. The molecule has 2 amide bonds. The number of aromatic nitrogens is 1. The molecule has 0 unspecified atom stereocenters. The minimum Gasteiger partial charge on any atom is -0.361 e. The van der Waals surface area contributed by atoms with Gasteiger partial charge in [-0.1, -0.05) is 48.0 Å². The summed E-state index contributed by atoms with van der Waals surface area (Å²) in [5.74, 6) is -1.11. The minimum atomic E-state index is -0.683. The summed E-state index contributed by atoms with van der Waals surface area (Å²) in [6.07, 6.45) is 6.38. The molecule has 2 N–H and O–H groups in total. The van der Waals surface area contributed by atoms with Gasteiger partial charge < -0.3 is 19.9 Å². The average Bonchev–Trinajstić information content (AvgIpc) is 3.54. The van der Waals surface area contributed by atoms with E-state index in [0.29, 0.717) is 13.1 Å². The van der Waals surface area contributed by atoms with Crippen LogP contribution in [0.3, 0.4) is 0 Å². The molecule has 6 nitrogen and oxygen atoms in total. The first kappa shape index (κ1) is 19.3. The molecule has 32 heavy (non-hydrogen) atoms. The molecule has 2 bridgehead atoms. The molecule has 2 aromatic carbocycles. The van der Waals surface area contributed by atoms with Crippen molar-refractivity contribution in [2.75, 3.05) is 18.4 Å². The normalized spacial score (nSPS) is 28.0. The number of fused-ring (bicyclic) bond motifs is 2. The van der Waals surface area contributed by atoms with Crippen molar-refractivity contribution in [2.24, 2.45) is 11.8 Å². The van der Waals surface area contributed by atoms with Crippen LogP contribution >= 0.6 is 0 Å². The summed E-state index contributed by atoms with van der Waals surface area (Å²) in [6.45, 7) is 3.11. The number of carbonyl (C=O) groups excluding carboxylic acids is 2. The molecule has 3 aromatic rings. The Kier molecular flexibility index (Phi) is 4.27. The SMILES string of the molecule is Cc1ccc(NC(=O)[C@@H]2[C@H]3C(=O)N(CCc4c[nH]c5ccccc45)C[C@@]34C=C[C@H]2O4)cc1. The largest absolute Gasteiger partial charge is 0.361 e. The van der Waals surface area contributed by atoms with E-state index in [2.05, 4.69) is 22.4 Å². The summed E-state index contributed by atoms with van der Waals surface area (Å²) in [7, 11) is 0. The van der Waals surface area contributed by atoms with E-state index in [4.69, 9.17) is 4.74 Å². The fourth-order valence-electron chi connectivity index (χ4n) is 5.52. The summed E-state index contributed by atoms with van der Waals surface area (Å²) in [5, 5.41) is 4.17. The number of aromatic amines is 1. The molecule has 4 atom stereocenters. The Morgan fingerprint density at radius 2 is 2.03 bits per heavy atom. The van der Waals surface area contributed by atoms with E-state index in [9.17, 15) is 9.59 Å². The molecule has 0 aliphatic carbocycles. The van der Waals surface area contributed by atoms with E-state index in [1.54, 1.807) is 0 Å². The molecule has 6 heteroatoms. The highest BCUT2D eigenvalue weighted by Gasteiger charge is 2.66. The van der Waals surface area contributed by atoms with Crippen LogP contribution < -0.4 is 5.32 Å². The molecule has 2 fully saturated rings. The third kappa shape index (κ3) is 2.90. The number of ether oxygens (including phenoxy) is 1. The lowest BCUT2D eigenvalue weighted by molar-refractivity contribution is -0.135. The van der Waals surface area contributed by atoms with Crippen LogP contribution in [0.2, 0.25) is 0 Å². The van der Waals surface area contributed by atoms with Crippen LogP contribution in [0.4, 0.5) is 5.69 Å². The fourth-order valence-corrected chi connectivity index (χ4v) is 5.52. The predicted molar refractivity (Wildman–Crippen MR) is 122 cm³/mol. The standard InChI is InChI=1S/C26H25N3O3/c1-16-6-8-18(9-7-16)28-24(30)22-21-10-12-26(32-21)15-29(25(31)23(22)26)13-11-17-14-27-20-5-3-2-4-19(17)20/h2-10,12,14,21-23,27H,11,13,15H2,1H3,(H,28,30)/t21-,22+,23+,26+/m1/s1. The monoisotopic (exact) mass is 427 g/mol. The Labute approximate surface area is 186 Å². The number of anilines is 1. The first-order valence-electron chi connectivity index (χ1n) is 11.1. The van der Waals surface area contributed by atoms with Crippen molar-refractivity contribution in [3.63, 3.8) is 0 Å². The van der Waals surface area contributed by atoms with Gasteiger partial charge in [0.2, 0.25) is 11.8 Å². The second-order valence-corrected chi connectivity index (χ2v) is 9.12. The highest BCUT2D eigenvalue weighted by atomic mass is 16.5. The van der Waals surface area contributed by atoms with Crippen molar-refractivity contribution in [2.45, 2.75) is 25.0 Å². The number of carbonyl (C=O) groups is 2. The minimum absolute atomic E-state index is 0.0146. The lowest BCUT2D eigenvalue weighted by Crippen LogP contribution is -2.41. The number of para-hydroxylation sites is 1. The summed E-state index contributed by atoms with van der Waals surface area (Å²) in [4.78, 5) is 31.8. The lowest BCUT2D eigenvalue weighted by atomic mass is 9.77. The second-order valence-electron chi connectivity index (χ2n) is 9.12. The average molecular weight is 428 g/mol. The molecule has 4 heterocycles. The number of nitrogens with one attached hydrogen (secondary N) is 2. The number of rotatable bonds is 5. The van der Waals surface area contributed by atoms with Crippen molar-refractivity contribution in [3.8, 4) is 0 Å². The van der Waals surface area contributed by atoms with Crippen LogP contribution in [0.15, 0.2) is 66.9 Å². The molecule has 2 saturated heterocycles. The van der Waals surface area contributed by atoms with Crippen molar-refractivity contribution >= 4 is 28.4 Å². The van der Waals surface area contributed by atoms with Gasteiger partial charge in [0, 0.05) is 29.3 Å². The molecule has 0 saturated carbocycles. The Bertz CT molecular complexity index is 1240. The van der Waals surface area contributed by atoms with Crippen molar-refractivity contribution < 1.29 is 14.3 Å². The lowest BCUT2D eigenvalue weighted by Gasteiger charge is -2.23. The zero-order valence-electron chi connectivity index (χ0n) is 17.9. The third-order valence-electron chi connectivity index (χ3n) is 7.13. The van der Waals surface area contributed by atoms with Gasteiger partial charge in [0.1, 0.15) is 5.60 Å². The number of hydrogen-bond acceptors (Lipinski definition) is 3. The van der Waals surface area contributed by atoms with E-state index >= 15 is 0 Å². The van der Waals surface area contributed by atoms with Crippen molar-refractivity contribution in [3.05, 3.63) is 78.0 Å². The van der Waals surface area contributed by atoms with E-state index in [1.165, 1.54) is 10.9 Å². The van der Waals surface area contributed by atoms with Gasteiger partial charge in [0.05, 0.1) is 24.5 Å². The molecular weight excluding hydrogens is 402 g/mol. The summed E-state index contributed by atoms with van der Waals surface area (Å²) in [5.41, 5.74) is 3.48. The van der Waals surface area contributed by atoms with E-state index in [-0.39, 0.29) is 17.9 Å². The molecule has 0 radical (unpaired) electrons. The quantitative estimate of drug-likeness (QED) is 0.613. The first-order chi connectivity index (χ1) is 15.5. The molecule has 162 valence electrons. The van der Waals surface area contributed by atoms with Gasteiger partial charge in [-0.25, -0.2) is 0 Å². The fraction of sp³-hybridized carbons (Fsp3) is 0.308. The highest BCUT2D eigenvalue weighted by molar-refractivity contribution is 5.99. The number of hydrogen-bond donors (Lipinski definition) is 2. The van der Waals surface area contributed by atoms with Gasteiger partial charge in [-0.15, -0.1) is 0 Å². The summed E-state index contributed by atoms with van der Waals surface area (Å²) >= 11 is 0. The molecule has 3 aliphatic heterocycles. The van der Waals surface area contributed by atoms with Crippen LogP contribution in [-0.2, 0) is 20.7 Å². The zero-order chi connectivity index (χ0) is 21.9. The zero-order valence-corrected chi connectivity index (χ0v) is 17.9. The van der Waals surface area contributed by atoms with Crippen LogP contribution in [-0.4, -0.2) is 46.5 Å². The molecule has 1 spiro atoms. The number of aryl methyl sites for hydroxylation is 1. The van der Waals surface area contributed by atoms with Crippen molar-refractivity contribution in [1.82, 2.24) is 9.88 Å². The van der Waals surface area contributed by atoms with Gasteiger partial charge in [-0.05, 0) is 37.1 Å². The Morgan fingerprint density at radius 1 is 1.22 bits per heavy atom. The van der Waals surface area contributed by atoms with E-state index in [0.717, 1.165) is 23.2 Å². The Morgan fingerprint density at radius 3 is 2.88 bits per heavy atom. The molecule has 3 aliphatic rings. The molecular formula is C26H25N3O3. The van der Waals surface area contributed by atoms with Gasteiger partial charge in [0.15, 0.2) is 0 Å². The van der Waals surface area contributed by atoms with Crippen LogP contribution in [0.25, 0.3) is 10.9 Å². The number of benzene rings is 2. The number of likely N-dealkylation sites (tertiary alicyclic amines) is 1. The predicted octanol–water partition coefficient (Wildman–Crippen LogP) is 3.44. The summed E-state index contributed by atoms with van der Waals surface area (Å²) < 4.78 is 6.24. The van der Waals surface area contributed by atoms with Gasteiger partial charge in [-0.2, -0.15) is 0 Å². The third-order valence-corrected chi connectivity index (χ3v) is 7.13. The van der Waals surface area contributed by atoms with Gasteiger partial charge in [0.25, 0.3) is 0 Å². The maximum atomic E-state index is 13.4. The Hall–Kier alpha value is -3.38. The smallest absolute Gasteiger partial charge is 0.231 e. The van der Waals surface area contributed by atoms with Gasteiger partial charge in [-0.3, -0.25) is 9.59 Å². The number of H-pyrrole nitrogens is 1. The molecule has 6 rings (SSSR count). The molecule has 1 aromatic heterocycles. The van der Waals surface area contributed by atoms with Crippen LogP contribution in [0.1, 0.15) is 11.1 Å². The number of nitrogens with zero attached hydrogens (tertiary/aromatic N) is 1. The first-order valence-corrected chi connectivity index (χ1v) is 11.1. The maximum absolute atomic E-state index is 13.4. The van der Waals surface area contributed by atoms with E-state index in [1.807, 2.05) is 66.6 Å². The van der Waals surface area contributed by atoms with Gasteiger partial charge >= 0.3 is 0 Å². The van der Waals surface area contributed by atoms with Crippen molar-refractivity contribution in [1.29, 1.82) is 0 Å². The van der Waals surface area contributed by atoms with Crippen LogP contribution in [0, 0.1) is 18.8 Å². The second kappa shape index (κ2) is 7.07. The topological polar surface area (TPSA) is 74.4 Å². The number of amides is 2. The van der Waals surface area contributed by atoms with E-state index < -0.39 is 17.4 Å².